The van der Waals surface area contributed by atoms with Gasteiger partial charge in [0.1, 0.15) is 0 Å². The van der Waals surface area contributed by atoms with Crippen molar-refractivity contribution in [3.05, 3.63) is 11.9 Å². The number of nitrogens with one attached hydrogen (secondary N) is 1. The van der Waals surface area contributed by atoms with Gasteiger partial charge in [-0.15, -0.1) is 0 Å². The van der Waals surface area contributed by atoms with E-state index in [9.17, 15) is 4.79 Å². The Labute approximate surface area is 82.5 Å². The molecule has 5 heteroatoms. The molecular formula is C9H14N4O. The molecule has 1 aliphatic heterocycles. The van der Waals surface area contributed by atoms with Crippen LogP contribution in [0.4, 0.5) is 0 Å². The van der Waals surface area contributed by atoms with E-state index in [0.717, 1.165) is 25.9 Å². The molecule has 1 aromatic heterocycles. The van der Waals surface area contributed by atoms with Gasteiger partial charge in [0, 0.05) is 13.1 Å². The summed E-state index contributed by atoms with van der Waals surface area (Å²) in [6, 6.07) is 0. The predicted octanol–water partition coefficient (Wildman–Crippen LogP) is 0.821. The lowest BCUT2D eigenvalue weighted by Gasteiger charge is -2.18. The fourth-order valence-electron chi connectivity index (χ4n) is 1.74. The molecule has 0 aromatic carbocycles. The molecule has 0 saturated carbocycles. The van der Waals surface area contributed by atoms with Crippen molar-refractivity contribution in [2.24, 2.45) is 0 Å². The lowest BCUT2D eigenvalue weighted by molar-refractivity contribution is 0.0755. The molecule has 0 unspecified atom stereocenters. The lowest BCUT2D eigenvalue weighted by Crippen LogP contribution is -2.32. The van der Waals surface area contributed by atoms with Crippen molar-refractivity contribution in [1.29, 1.82) is 0 Å². The Hall–Kier alpha value is -1.39. The SMILES string of the molecule is O=C(c1cn[nH]n1)N1CCCCCC1. The lowest BCUT2D eigenvalue weighted by atomic mass is 10.2. The van der Waals surface area contributed by atoms with Gasteiger partial charge in [-0.25, -0.2) is 0 Å². The average Bonchev–Trinajstić information content (AvgIpc) is 2.59. The topological polar surface area (TPSA) is 61.9 Å². The molecular weight excluding hydrogens is 180 g/mol. The zero-order valence-corrected chi connectivity index (χ0v) is 8.07. The number of carbonyl (C=O) groups is 1. The summed E-state index contributed by atoms with van der Waals surface area (Å²) in [7, 11) is 0. The molecule has 1 amide bonds. The van der Waals surface area contributed by atoms with E-state index in [1.54, 1.807) is 0 Å². The highest BCUT2D eigenvalue weighted by Gasteiger charge is 2.18. The molecule has 1 aromatic rings. The minimum absolute atomic E-state index is 0.000602. The van der Waals surface area contributed by atoms with Gasteiger partial charge in [-0.1, -0.05) is 12.8 Å². The Morgan fingerprint density at radius 1 is 1.29 bits per heavy atom. The molecule has 1 N–H and O–H groups in total. The van der Waals surface area contributed by atoms with E-state index in [4.69, 9.17) is 0 Å². The largest absolute Gasteiger partial charge is 0.337 e. The summed E-state index contributed by atoms with van der Waals surface area (Å²) in [5, 5.41) is 9.89. The monoisotopic (exact) mass is 194 g/mol. The summed E-state index contributed by atoms with van der Waals surface area (Å²) >= 11 is 0. The molecule has 0 spiro atoms. The number of amides is 1. The van der Waals surface area contributed by atoms with Crippen LogP contribution in [0.5, 0.6) is 0 Å². The van der Waals surface area contributed by atoms with Gasteiger partial charge in [-0.3, -0.25) is 4.79 Å². The molecule has 1 fully saturated rings. The van der Waals surface area contributed by atoms with E-state index in [1.165, 1.54) is 19.0 Å². The van der Waals surface area contributed by atoms with Crippen LogP contribution in [0.15, 0.2) is 6.20 Å². The zero-order valence-electron chi connectivity index (χ0n) is 8.07. The van der Waals surface area contributed by atoms with Crippen LogP contribution in [0.2, 0.25) is 0 Å². The maximum absolute atomic E-state index is 11.8. The van der Waals surface area contributed by atoms with Crippen LogP contribution in [-0.2, 0) is 0 Å². The number of carbonyl (C=O) groups excluding carboxylic acids is 1. The summed E-state index contributed by atoms with van der Waals surface area (Å²) in [5.41, 5.74) is 0.423. The third-order valence-electron chi connectivity index (χ3n) is 2.53. The Balaban J connectivity index is 2.03. The van der Waals surface area contributed by atoms with Crippen molar-refractivity contribution in [2.75, 3.05) is 13.1 Å². The predicted molar refractivity (Wildman–Crippen MR) is 50.8 cm³/mol. The van der Waals surface area contributed by atoms with Crippen molar-refractivity contribution in [2.45, 2.75) is 25.7 Å². The molecule has 0 atom stereocenters. The third kappa shape index (κ3) is 1.92. The zero-order chi connectivity index (χ0) is 9.80. The fourth-order valence-corrected chi connectivity index (χ4v) is 1.74. The highest BCUT2D eigenvalue weighted by Crippen LogP contribution is 2.11. The minimum atomic E-state index is 0.000602. The van der Waals surface area contributed by atoms with Crippen molar-refractivity contribution < 1.29 is 4.79 Å². The molecule has 1 aliphatic rings. The van der Waals surface area contributed by atoms with Gasteiger partial charge in [0.05, 0.1) is 6.20 Å². The Bertz CT molecular complexity index is 288. The second-order valence-electron chi connectivity index (χ2n) is 3.56. The van der Waals surface area contributed by atoms with Gasteiger partial charge < -0.3 is 4.90 Å². The summed E-state index contributed by atoms with van der Waals surface area (Å²) < 4.78 is 0. The molecule has 76 valence electrons. The van der Waals surface area contributed by atoms with Gasteiger partial charge in [0.2, 0.25) is 0 Å². The summed E-state index contributed by atoms with van der Waals surface area (Å²) in [6.45, 7) is 1.71. The summed E-state index contributed by atoms with van der Waals surface area (Å²) in [4.78, 5) is 13.7. The van der Waals surface area contributed by atoms with Crippen molar-refractivity contribution in [3.8, 4) is 0 Å². The van der Waals surface area contributed by atoms with Crippen LogP contribution >= 0.6 is 0 Å². The van der Waals surface area contributed by atoms with Gasteiger partial charge in [0.15, 0.2) is 5.69 Å². The van der Waals surface area contributed by atoms with Gasteiger partial charge in [-0.05, 0) is 12.8 Å². The number of rotatable bonds is 1. The van der Waals surface area contributed by atoms with Crippen molar-refractivity contribution in [3.63, 3.8) is 0 Å². The highest BCUT2D eigenvalue weighted by atomic mass is 16.2. The van der Waals surface area contributed by atoms with Crippen LogP contribution in [0, 0.1) is 0 Å². The quantitative estimate of drug-likeness (QED) is 0.720. The number of hydrogen-bond donors (Lipinski definition) is 1. The van der Waals surface area contributed by atoms with Gasteiger partial charge >= 0.3 is 0 Å². The number of nitrogens with zero attached hydrogens (tertiary/aromatic N) is 3. The Morgan fingerprint density at radius 3 is 2.57 bits per heavy atom. The van der Waals surface area contributed by atoms with E-state index in [-0.39, 0.29) is 5.91 Å². The van der Waals surface area contributed by atoms with Crippen LogP contribution in [0.1, 0.15) is 36.2 Å². The van der Waals surface area contributed by atoms with Crippen LogP contribution in [-0.4, -0.2) is 39.3 Å². The van der Waals surface area contributed by atoms with Crippen molar-refractivity contribution >= 4 is 5.91 Å². The average molecular weight is 194 g/mol. The first-order valence-corrected chi connectivity index (χ1v) is 5.03. The first kappa shape index (κ1) is 9.18. The van der Waals surface area contributed by atoms with Crippen molar-refractivity contribution in [1.82, 2.24) is 20.3 Å². The first-order chi connectivity index (χ1) is 6.88. The standard InChI is InChI=1S/C9H14N4O/c14-9(8-7-10-12-11-8)13-5-3-1-2-4-6-13/h7H,1-6H2,(H,10,11,12). The van der Waals surface area contributed by atoms with Crippen LogP contribution in [0.25, 0.3) is 0 Å². The van der Waals surface area contributed by atoms with E-state index >= 15 is 0 Å². The van der Waals surface area contributed by atoms with E-state index < -0.39 is 0 Å². The smallest absolute Gasteiger partial charge is 0.276 e. The molecule has 0 radical (unpaired) electrons. The Morgan fingerprint density at radius 2 is 2.00 bits per heavy atom. The second kappa shape index (κ2) is 4.21. The molecule has 0 bridgehead atoms. The first-order valence-electron chi connectivity index (χ1n) is 5.03. The molecule has 2 heterocycles. The minimum Gasteiger partial charge on any atom is -0.337 e. The van der Waals surface area contributed by atoms with Gasteiger partial charge in [-0.2, -0.15) is 15.4 Å². The fraction of sp³-hybridized carbons (Fsp3) is 0.667. The summed E-state index contributed by atoms with van der Waals surface area (Å²) in [6.07, 6.45) is 6.13. The molecule has 2 rings (SSSR count). The highest BCUT2D eigenvalue weighted by molar-refractivity contribution is 5.91. The number of aromatic amines is 1. The number of likely N-dealkylation sites (tertiary alicyclic amines) is 1. The molecule has 14 heavy (non-hydrogen) atoms. The maximum atomic E-state index is 11.8. The number of H-pyrrole nitrogens is 1. The van der Waals surface area contributed by atoms with E-state index in [0.29, 0.717) is 5.69 Å². The van der Waals surface area contributed by atoms with E-state index in [2.05, 4.69) is 15.4 Å². The normalized spacial score (nSPS) is 17.9. The second-order valence-corrected chi connectivity index (χ2v) is 3.56. The van der Waals surface area contributed by atoms with E-state index in [1.807, 2.05) is 4.90 Å². The Kier molecular flexibility index (Phi) is 2.76. The molecule has 1 saturated heterocycles. The number of aromatic nitrogens is 3. The molecule has 5 nitrogen and oxygen atoms in total. The van der Waals surface area contributed by atoms with Crippen LogP contribution in [0.3, 0.4) is 0 Å². The molecule has 0 aliphatic carbocycles. The third-order valence-corrected chi connectivity index (χ3v) is 2.53. The summed E-state index contributed by atoms with van der Waals surface area (Å²) in [5.74, 6) is 0.000602. The van der Waals surface area contributed by atoms with Crippen LogP contribution < -0.4 is 0 Å². The maximum Gasteiger partial charge on any atom is 0.276 e. The van der Waals surface area contributed by atoms with Gasteiger partial charge in [0.25, 0.3) is 5.91 Å². The number of hydrogen-bond acceptors (Lipinski definition) is 3.